The van der Waals surface area contributed by atoms with Crippen LogP contribution >= 0.6 is 11.6 Å². The normalized spacial score (nSPS) is 14.8. The minimum atomic E-state index is -0.387. The van der Waals surface area contributed by atoms with Crippen LogP contribution < -0.4 is 5.32 Å². The summed E-state index contributed by atoms with van der Waals surface area (Å²) in [6, 6.07) is 9.93. The summed E-state index contributed by atoms with van der Waals surface area (Å²) < 4.78 is 13.5. The fraction of sp³-hybridized carbons (Fsp3) is 0.414. The SMILES string of the molecule is CC(C)(C)OC(=O)N1CCNCC1.Cc1ncc(COC2=Cc3cccnc3Cc3ccc(Cl)cc32)n1C. The van der Waals surface area contributed by atoms with Gasteiger partial charge in [0.2, 0.25) is 0 Å². The predicted molar refractivity (Wildman–Crippen MR) is 150 cm³/mol. The Kier molecular flexibility index (Phi) is 8.74. The number of hydrogen-bond acceptors (Lipinski definition) is 6. The third-order valence-electron chi connectivity index (χ3n) is 6.37. The summed E-state index contributed by atoms with van der Waals surface area (Å²) in [4.78, 5) is 22.1. The molecule has 0 bridgehead atoms. The van der Waals surface area contributed by atoms with Gasteiger partial charge in [-0.2, -0.15) is 0 Å². The summed E-state index contributed by atoms with van der Waals surface area (Å²) >= 11 is 6.24. The molecule has 8 nitrogen and oxygen atoms in total. The predicted octanol–water partition coefficient (Wildman–Crippen LogP) is 5.22. The lowest BCUT2D eigenvalue weighted by Crippen LogP contribution is -2.48. The van der Waals surface area contributed by atoms with Gasteiger partial charge in [0.1, 0.15) is 23.8 Å². The molecule has 1 fully saturated rings. The van der Waals surface area contributed by atoms with Crippen molar-refractivity contribution in [2.24, 2.45) is 7.05 Å². The van der Waals surface area contributed by atoms with E-state index in [1.807, 2.05) is 82.0 Å². The van der Waals surface area contributed by atoms with Crippen molar-refractivity contribution in [2.45, 2.75) is 46.3 Å². The first-order valence-corrected chi connectivity index (χ1v) is 13.2. The van der Waals surface area contributed by atoms with Crippen molar-refractivity contribution in [3.8, 4) is 0 Å². The summed E-state index contributed by atoms with van der Waals surface area (Å²) in [5.41, 5.74) is 4.94. The Morgan fingerprint density at radius 3 is 2.61 bits per heavy atom. The summed E-state index contributed by atoms with van der Waals surface area (Å²) in [5, 5.41) is 3.88. The van der Waals surface area contributed by atoms with E-state index in [1.165, 1.54) is 0 Å². The van der Waals surface area contributed by atoms with Gasteiger partial charge >= 0.3 is 6.09 Å². The molecule has 0 spiro atoms. The van der Waals surface area contributed by atoms with Crippen LogP contribution in [0.15, 0.2) is 42.7 Å². The zero-order chi connectivity index (χ0) is 27.3. The number of aromatic nitrogens is 3. The summed E-state index contributed by atoms with van der Waals surface area (Å²) in [6.07, 6.45) is 6.28. The fourth-order valence-corrected chi connectivity index (χ4v) is 4.36. The standard InChI is InChI=1S/C20H18ClN3O.C9H18N2O2/c1-13-23-11-17(24(13)2)12-25-20-9-15-4-3-7-22-19(15)8-14-5-6-16(21)10-18(14)20;1-9(2,3)13-8(12)11-6-4-10-5-7-11/h3-7,9-11H,8,12H2,1-2H3;10H,4-7H2,1-3H3. The van der Waals surface area contributed by atoms with E-state index in [4.69, 9.17) is 21.1 Å². The smallest absolute Gasteiger partial charge is 0.410 e. The van der Waals surface area contributed by atoms with Crippen molar-refractivity contribution >= 4 is 29.5 Å². The van der Waals surface area contributed by atoms with E-state index in [2.05, 4.69) is 21.4 Å². The van der Waals surface area contributed by atoms with Gasteiger partial charge < -0.3 is 24.3 Å². The number of halogens is 1. The number of aryl methyl sites for hydroxylation is 1. The molecule has 1 saturated heterocycles. The van der Waals surface area contributed by atoms with Gasteiger partial charge in [-0.1, -0.05) is 23.7 Å². The fourth-order valence-electron chi connectivity index (χ4n) is 4.19. The molecule has 0 atom stereocenters. The highest BCUT2D eigenvalue weighted by Gasteiger charge is 2.23. The Labute approximate surface area is 229 Å². The monoisotopic (exact) mass is 537 g/mol. The van der Waals surface area contributed by atoms with Gasteiger partial charge in [-0.3, -0.25) is 4.98 Å². The number of pyridine rings is 1. The van der Waals surface area contributed by atoms with Crippen LogP contribution in [0.25, 0.3) is 11.8 Å². The molecule has 9 heteroatoms. The van der Waals surface area contributed by atoms with Gasteiger partial charge in [0, 0.05) is 62.0 Å². The van der Waals surface area contributed by atoms with E-state index in [0.717, 1.165) is 72.3 Å². The van der Waals surface area contributed by atoms with Gasteiger partial charge in [0.15, 0.2) is 0 Å². The highest BCUT2D eigenvalue weighted by molar-refractivity contribution is 6.30. The molecule has 2 aromatic heterocycles. The number of rotatable bonds is 3. The van der Waals surface area contributed by atoms with E-state index in [1.54, 1.807) is 4.90 Å². The number of imidazole rings is 1. The number of amides is 1. The minimum Gasteiger partial charge on any atom is -0.487 e. The number of nitrogens with one attached hydrogen (secondary N) is 1. The van der Waals surface area contributed by atoms with Crippen molar-refractivity contribution in [3.63, 3.8) is 0 Å². The summed E-state index contributed by atoms with van der Waals surface area (Å²) in [7, 11) is 1.99. The molecule has 0 unspecified atom stereocenters. The lowest BCUT2D eigenvalue weighted by atomic mass is 10.0. The Morgan fingerprint density at radius 2 is 1.92 bits per heavy atom. The van der Waals surface area contributed by atoms with Crippen molar-refractivity contribution < 1.29 is 14.3 Å². The number of hydrogen-bond donors (Lipinski definition) is 1. The average molecular weight is 538 g/mol. The van der Waals surface area contributed by atoms with Crippen molar-refractivity contribution in [3.05, 3.63) is 81.7 Å². The number of ether oxygens (including phenoxy) is 2. The first kappa shape index (κ1) is 27.7. The molecule has 1 aromatic carbocycles. The molecular weight excluding hydrogens is 502 g/mol. The lowest BCUT2D eigenvalue weighted by molar-refractivity contribution is 0.0229. The Morgan fingerprint density at radius 1 is 1.16 bits per heavy atom. The Balaban J connectivity index is 0.000000219. The number of carbonyl (C=O) groups excluding carboxylic acids is 1. The minimum absolute atomic E-state index is 0.200. The maximum atomic E-state index is 11.5. The highest BCUT2D eigenvalue weighted by atomic mass is 35.5. The van der Waals surface area contributed by atoms with E-state index in [9.17, 15) is 4.79 Å². The van der Waals surface area contributed by atoms with E-state index >= 15 is 0 Å². The van der Waals surface area contributed by atoms with E-state index < -0.39 is 0 Å². The van der Waals surface area contributed by atoms with Crippen LogP contribution in [0.2, 0.25) is 5.02 Å². The Hall–Kier alpha value is -3.36. The molecule has 1 amide bonds. The molecule has 1 N–H and O–H groups in total. The molecule has 2 aliphatic rings. The van der Waals surface area contributed by atoms with Crippen LogP contribution in [0, 0.1) is 6.92 Å². The quantitative estimate of drug-likeness (QED) is 0.493. The number of nitrogens with zero attached hydrogens (tertiary/aromatic N) is 4. The molecule has 1 aliphatic heterocycles. The Bertz CT molecular complexity index is 1310. The van der Waals surface area contributed by atoms with Crippen LogP contribution in [0.3, 0.4) is 0 Å². The second-order valence-corrected chi connectivity index (χ2v) is 10.8. The van der Waals surface area contributed by atoms with E-state index in [-0.39, 0.29) is 11.7 Å². The number of carbonyl (C=O) groups is 1. The second kappa shape index (κ2) is 12.0. The molecule has 3 aromatic rings. The van der Waals surface area contributed by atoms with Crippen LogP contribution in [-0.2, 0) is 29.5 Å². The molecule has 0 radical (unpaired) electrons. The van der Waals surface area contributed by atoms with Gasteiger partial charge in [-0.25, -0.2) is 9.78 Å². The highest BCUT2D eigenvalue weighted by Crippen LogP contribution is 2.32. The molecule has 5 rings (SSSR count). The summed E-state index contributed by atoms with van der Waals surface area (Å²) in [6.45, 7) is 11.3. The van der Waals surface area contributed by atoms with Crippen LogP contribution in [-0.4, -0.2) is 57.3 Å². The summed E-state index contributed by atoms with van der Waals surface area (Å²) in [5.74, 6) is 1.77. The molecule has 202 valence electrons. The third-order valence-corrected chi connectivity index (χ3v) is 6.60. The van der Waals surface area contributed by atoms with Gasteiger partial charge in [0.05, 0.1) is 17.6 Å². The van der Waals surface area contributed by atoms with Crippen LogP contribution in [0.5, 0.6) is 0 Å². The van der Waals surface area contributed by atoms with Crippen molar-refractivity contribution in [2.75, 3.05) is 26.2 Å². The molecule has 3 heterocycles. The molecule has 38 heavy (non-hydrogen) atoms. The second-order valence-electron chi connectivity index (χ2n) is 10.4. The first-order chi connectivity index (χ1) is 18.1. The van der Waals surface area contributed by atoms with Gasteiger partial charge in [-0.05, 0) is 57.5 Å². The molecule has 0 saturated carbocycles. The largest absolute Gasteiger partial charge is 0.487 e. The zero-order valence-corrected chi connectivity index (χ0v) is 23.5. The van der Waals surface area contributed by atoms with E-state index in [0.29, 0.717) is 11.6 Å². The molecular formula is C29H36ClN5O3. The van der Waals surface area contributed by atoms with Crippen LogP contribution in [0.1, 0.15) is 54.7 Å². The maximum absolute atomic E-state index is 11.5. The van der Waals surface area contributed by atoms with Gasteiger partial charge in [0.25, 0.3) is 0 Å². The number of piperazine rings is 1. The van der Waals surface area contributed by atoms with Crippen LogP contribution in [0.4, 0.5) is 4.79 Å². The van der Waals surface area contributed by atoms with Crippen molar-refractivity contribution in [1.82, 2.24) is 24.8 Å². The van der Waals surface area contributed by atoms with Crippen molar-refractivity contribution in [1.29, 1.82) is 0 Å². The number of benzene rings is 1. The number of fused-ring (bicyclic) bond motifs is 2. The third kappa shape index (κ3) is 7.14. The topological polar surface area (TPSA) is 81.5 Å². The first-order valence-electron chi connectivity index (χ1n) is 12.8. The average Bonchev–Trinajstić information content (AvgIpc) is 3.11. The maximum Gasteiger partial charge on any atom is 0.410 e. The van der Waals surface area contributed by atoms with Gasteiger partial charge in [-0.15, -0.1) is 0 Å². The molecule has 1 aliphatic carbocycles. The lowest BCUT2D eigenvalue weighted by Gasteiger charge is -2.30. The zero-order valence-electron chi connectivity index (χ0n) is 22.8.